The SMILES string of the molecule is CCCC1=Cc2ccccc2C(OC(C)C)O1. The summed E-state index contributed by atoms with van der Waals surface area (Å²) >= 11 is 0. The minimum absolute atomic E-state index is 0.161. The molecule has 1 heterocycles. The summed E-state index contributed by atoms with van der Waals surface area (Å²) < 4.78 is 11.7. The maximum absolute atomic E-state index is 5.90. The quantitative estimate of drug-likeness (QED) is 0.771. The Morgan fingerprint density at radius 1 is 1.29 bits per heavy atom. The summed E-state index contributed by atoms with van der Waals surface area (Å²) in [6.07, 6.45) is 4.08. The minimum atomic E-state index is -0.252. The number of rotatable bonds is 4. The van der Waals surface area contributed by atoms with Gasteiger partial charge in [0.05, 0.1) is 6.10 Å². The van der Waals surface area contributed by atoms with E-state index < -0.39 is 0 Å². The van der Waals surface area contributed by atoms with Crippen LogP contribution in [0.5, 0.6) is 0 Å². The number of hydrogen-bond acceptors (Lipinski definition) is 2. The molecule has 1 aromatic carbocycles. The lowest BCUT2D eigenvalue weighted by molar-refractivity contribution is -0.146. The second-order valence-electron chi connectivity index (χ2n) is 4.62. The molecule has 2 nitrogen and oxygen atoms in total. The zero-order valence-corrected chi connectivity index (χ0v) is 10.8. The van der Waals surface area contributed by atoms with Gasteiger partial charge in [-0.05, 0) is 31.9 Å². The standard InChI is InChI=1S/C15H20O2/c1-4-7-13-10-12-8-5-6-9-14(12)15(17-13)16-11(2)3/h5-6,8-11,15H,4,7H2,1-3H3. The third-order valence-electron chi connectivity index (χ3n) is 2.72. The van der Waals surface area contributed by atoms with Crippen molar-refractivity contribution >= 4 is 6.08 Å². The Hall–Kier alpha value is -1.28. The van der Waals surface area contributed by atoms with E-state index in [2.05, 4.69) is 31.2 Å². The largest absolute Gasteiger partial charge is 0.465 e. The van der Waals surface area contributed by atoms with E-state index in [4.69, 9.17) is 9.47 Å². The highest BCUT2D eigenvalue weighted by Crippen LogP contribution is 2.34. The molecule has 1 aliphatic heterocycles. The van der Waals surface area contributed by atoms with Crippen molar-refractivity contribution in [2.24, 2.45) is 0 Å². The number of hydrogen-bond donors (Lipinski definition) is 0. The van der Waals surface area contributed by atoms with Gasteiger partial charge in [0, 0.05) is 12.0 Å². The van der Waals surface area contributed by atoms with Crippen molar-refractivity contribution in [2.45, 2.75) is 46.0 Å². The summed E-state index contributed by atoms with van der Waals surface area (Å²) in [5.41, 5.74) is 2.34. The Labute approximate surface area is 103 Å². The van der Waals surface area contributed by atoms with Crippen LogP contribution in [0.25, 0.3) is 6.08 Å². The molecule has 0 N–H and O–H groups in total. The average molecular weight is 232 g/mol. The van der Waals surface area contributed by atoms with Crippen LogP contribution < -0.4 is 0 Å². The molecule has 1 aromatic rings. The van der Waals surface area contributed by atoms with Gasteiger partial charge in [0.15, 0.2) is 0 Å². The highest BCUT2D eigenvalue weighted by atomic mass is 16.7. The van der Waals surface area contributed by atoms with E-state index >= 15 is 0 Å². The van der Waals surface area contributed by atoms with Gasteiger partial charge in [0.25, 0.3) is 0 Å². The van der Waals surface area contributed by atoms with Crippen LogP contribution in [-0.2, 0) is 9.47 Å². The molecule has 0 aromatic heterocycles. The highest BCUT2D eigenvalue weighted by molar-refractivity contribution is 5.57. The van der Waals surface area contributed by atoms with Crippen molar-refractivity contribution in [3.05, 3.63) is 41.2 Å². The summed E-state index contributed by atoms with van der Waals surface area (Å²) in [5, 5.41) is 0. The first-order valence-corrected chi connectivity index (χ1v) is 6.32. The number of benzene rings is 1. The molecule has 0 saturated heterocycles. The van der Waals surface area contributed by atoms with Gasteiger partial charge < -0.3 is 9.47 Å². The van der Waals surface area contributed by atoms with Gasteiger partial charge in [-0.25, -0.2) is 0 Å². The summed E-state index contributed by atoms with van der Waals surface area (Å²) in [7, 11) is 0. The van der Waals surface area contributed by atoms with E-state index in [0.29, 0.717) is 0 Å². The second kappa shape index (κ2) is 5.37. The predicted octanol–water partition coefficient (Wildman–Crippen LogP) is 4.28. The molecule has 2 rings (SSSR count). The molecule has 0 fully saturated rings. The molecular formula is C15H20O2. The first-order valence-electron chi connectivity index (χ1n) is 6.32. The van der Waals surface area contributed by atoms with Crippen LogP contribution in [-0.4, -0.2) is 6.10 Å². The lowest BCUT2D eigenvalue weighted by Gasteiger charge is -2.28. The maximum Gasteiger partial charge on any atom is 0.227 e. The van der Waals surface area contributed by atoms with Gasteiger partial charge in [-0.15, -0.1) is 0 Å². The molecule has 0 bridgehead atoms. The van der Waals surface area contributed by atoms with Crippen LogP contribution >= 0.6 is 0 Å². The maximum atomic E-state index is 5.90. The van der Waals surface area contributed by atoms with E-state index in [1.165, 1.54) is 5.56 Å². The normalized spacial score (nSPS) is 18.6. The fourth-order valence-corrected chi connectivity index (χ4v) is 1.99. The predicted molar refractivity (Wildman–Crippen MR) is 69.4 cm³/mol. The smallest absolute Gasteiger partial charge is 0.227 e. The molecule has 2 heteroatoms. The Bertz CT molecular complexity index is 407. The molecule has 92 valence electrons. The lowest BCUT2D eigenvalue weighted by atomic mass is 10.0. The van der Waals surface area contributed by atoms with E-state index in [9.17, 15) is 0 Å². The van der Waals surface area contributed by atoms with Crippen LogP contribution in [0.2, 0.25) is 0 Å². The molecule has 17 heavy (non-hydrogen) atoms. The molecule has 0 spiro atoms. The van der Waals surface area contributed by atoms with Gasteiger partial charge in [0.2, 0.25) is 6.29 Å². The zero-order chi connectivity index (χ0) is 12.3. The molecule has 1 atom stereocenters. The van der Waals surface area contributed by atoms with Crippen LogP contribution in [0.3, 0.4) is 0 Å². The summed E-state index contributed by atoms with van der Waals surface area (Å²) in [5.74, 6) is 1.02. The van der Waals surface area contributed by atoms with E-state index in [1.807, 2.05) is 19.9 Å². The van der Waals surface area contributed by atoms with E-state index in [-0.39, 0.29) is 12.4 Å². The lowest BCUT2D eigenvalue weighted by Crippen LogP contribution is -2.17. The zero-order valence-electron chi connectivity index (χ0n) is 10.8. The summed E-state index contributed by atoms with van der Waals surface area (Å²) in [4.78, 5) is 0. The third-order valence-corrected chi connectivity index (χ3v) is 2.72. The van der Waals surface area contributed by atoms with Crippen LogP contribution in [0.15, 0.2) is 30.0 Å². The fraction of sp³-hybridized carbons (Fsp3) is 0.467. The Balaban J connectivity index is 2.28. The van der Waals surface area contributed by atoms with Crippen molar-refractivity contribution in [1.82, 2.24) is 0 Å². The van der Waals surface area contributed by atoms with Crippen LogP contribution in [0.1, 0.15) is 51.0 Å². The average Bonchev–Trinajstić information content (AvgIpc) is 2.29. The first kappa shape index (κ1) is 12.2. The minimum Gasteiger partial charge on any atom is -0.465 e. The molecule has 1 unspecified atom stereocenters. The fourth-order valence-electron chi connectivity index (χ4n) is 1.99. The van der Waals surface area contributed by atoms with Gasteiger partial charge >= 0.3 is 0 Å². The highest BCUT2D eigenvalue weighted by Gasteiger charge is 2.23. The van der Waals surface area contributed by atoms with Gasteiger partial charge in [-0.3, -0.25) is 0 Å². The van der Waals surface area contributed by atoms with Gasteiger partial charge in [-0.2, -0.15) is 0 Å². The first-order chi connectivity index (χ1) is 8.20. The Morgan fingerprint density at radius 3 is 2.76 bits per heavy atom. The monoisotopic (exact) mass is 232 g/mol. The summed E-state index contributed by atoms with van der Waals surface area (Å²) in [6.45, 7) is 6.22. The molecule has 1 aliphatic rings. The molecule has 0 amide bonds. The third kappa shape index (κ3) is 2.89. The van der Waals surface area contributed by atoms with E-state index in [0.717, 1.165) is 24.2 Å². The summed E-state index contributed by atoms with van der Waals surface area (Å²) in [6, 6.07) is 8.26. The number of ether oxygens (including phenoxy) is 2. The van der Waals surface area contributed by atoms with Crippen molar-refractivity contribution in [3.63, 3.8) is 0 Å². The Morgan fingerprint density at radius 2 is 2.06 bits per heavy atom. The van der Waals surface area contributed by atoms with Crippen molar-refractivity contribution < 1.29 is 9.47 Å². The number of fused-ring (bicyclic) bond motifs is 1. The molecule has 0 aliphatic carbocycles. The Kier molecular flexibility index (Phi) is 3.85. The van der Waals surface area contributed by atoms with Gasteiger partial charge in [0.1, 0.15) is 5.76 Å². The molecule has 0 radical (unpaired) electrons. The van der Waals surface area contributed by atoms with E-state index in [1.54, 1.807) is 0 Å². The van der Waals surface area contributed by atoms with Crippen LogP contribution in [0.4, 0.5) is 0 Å². The van der Waals surface area contributed by atoms with Crippen molar-refractivity contribution in [2.75, 3.05) is 0 Å². The van der Waals surface area contributed by atoms with Gasteiger partial charge in [-0.1, -0.05) is 31.2 Å². The second-order valence-corrected chi connectivity index (χ2v) is 4.62. The molecule has 0 saturated carbocycles. The molecular weight excluding hydrogens is 212 g/mol. The van der Waals surface area contributed by atoms with Crippen LogP contribution in [0, 0.1) is 0 Å². The van der Waals surface area contributed by atoms with Crippen molar-refractivity contribution in [3.8, 4) is 0 Å². The van der Waals surface area contributed by atoms with Crippen molar-refractivity contribution in [1.29, 1.82) is 0 Å². The number of allylic oxidation sites excluding steroid dienone is 1. The topological polar surface area (TPSA) is 18.5 Å².